The predicted octanol–water partition coefficient (Wildman–Crippen LogP) is 5.58. The van der Waals surface area contributed by atoms with Crippen molar-refractivity contribution in [2.24, 2.45) is 51.2 Å². The smallest absolute Gasteiger partial charge is 0.317 e. The first kappa shape index (κ1) is 31.1. The summed E-state index contributed by atoms with van der Waals surface area (Å²) in [5.41, 5.74) is 1.45. The summed E-state index contributed by atoms with van der Waals surface area (Å²) in [6.45, 7) is 10.3. The Balaban J connectivity index is 0.930. The number of carboxylic acid groups (broad SMARTS) is 1. The molecule has 2 aliphatic heterocycles. The highest BCUT2D eigenvalue weighted by Crippen LogP contribution is 2.87. The molecule has 0 radical (unpaired) electrons. The van der Waals surface area contributed by atoms with Gasteiger partial charge >= 0.3 is 5.97 Å². The molecule has 2 spiro atoms. The number of carboxylic acids is 1. The number of hydrogen-bond acceptors (Lipinski definition) is 6. The van der Waals surface area contributed by atoms with Gasteiger partial charge < -0.3 is 24.2 Å². The maximum atomic E-state index is 12.8. The second-order valence-corrected chi connectivity index (χ2v) is 17.9. The molecule has 0 aromatic rings. The maximum absolute atomic E-state index is 12.8. The van der Waals surface area contributed by atoms with Gasteiger partial charge in [-0.15, -0.1) is 0 Å². The predicted molar refractivity (Wildman–Crippen MR) is 169 cm³/mol. The van der Waals surface area contributed by atoms with Crippen LogP contribution < -0.4 is 0 Å². The van der Waals surface area contributed by atoms with Crippen LogP contribution in [-0.4, -0.2) is 91.2 Å². The number of likely N-dealkylation sites (N-methyl/N-ethyl adjacent to an activating group) is 1. The molecule has 0 bridgehead atoms. The highest BCUT2D eigenvalue weighted by molar-refractivity contribution is 5.76. The van der Waals surface area contributed by atoms with E-state index in [1.54, 1.807) is 0 Å². The van der Waals surface area contributed by atoms with Gasteiger partial charge in [0, 0.05) is 19.5 Å². The van der Waals surface area contributed by atoms with Crippen LogP contribution in [0.3, 0.4) is 0 Å². The minimum atomic E-state index is -0.766. The Morgan fingerprint density at radius 2 is 1.76 bits per heavy atom. The van der Waals surface area contributed by atoms with Crippen LogP contribution in [-0.2, 0) is 23.8 Å². The van der Waals surface area contributed by atoms with Gasteiger partial charge in [-0.3, -0.25) is 14.5 Å². The third-order valence-corrected chi connectivity index (χ3v) is 15.4. The van der Waals surface area contributed by atoms with Crippen LogP contribution in [0.2, 0.25) is 0 Å². The zero-order chi connectivity index (χ0) is 31.4. The van der Waals surface area contributed by atoms with Gasteiger partial charge in [-0.2, -0.15) is 0 Å². The Bertz CT molecular complexity index is 1190. The molecule has 8 aliphatic rings. The fourth-order valence-electron chi connectivity index (χ4n) is 13.1. The fraction of sp³-hybridized carbons (Fsp3) is 0.946. The highest BCUT2D eigenvalue weighted by atomic mass is 16.7. The zero-order valence-corrected chi connectivity index (χ0v) is 28.3. The minimum Gasteiger partial charge on any atom is -0.480 e. The summed E-state index contributed by atoms with van der Waals surface area (Å²) in [6.07, 6.45) is 16.2. The average molecular weight is 627 g/mol. The van der Waals surface area contributed by atoms with E-state index in [1.807, 2.05) is 16.8 Å². The van der Waals surface area contributed by atoms with Crippen molar-refractivity contribution < 1.29 is 28.9 Å². The van der Waals surface area contributed by atoms with Crippen LogP contribution in [0.15, 0.2) is 0 Å². The lowest BCUT2D eigenvalue weighted by molar-refractivity contribution is -0.244. The molecule has 45 heavy (non-hydrogen) atoms. The molecule has 11 atom stereocenters. The van der Waals surface area contributed by atoms with Crippen LogP contribution in [0.25, 0.3) is 0 Å². The first-order valence-electron chi connectivity index (χ1n) is 18.6. The summed E-state index contributed by atoms with van der Waals surface area (Å²) in [4.78, 5) is 28.0. The largest absolute Gasteiger partial charge is 0.480 e. The molecule has 2 heterocycles. The summed E-state index contributed by atoms with van der Waals surface area (Å²) < 4.78 is 19.8. The molecule has 7 unspecified atom stereocenters. The number of fused-ring (bicyclic) bond motifs is 4. The Labute approximate surface area is 270 Å². The molecule has 1 N–H and O–H groups in total. The van der Waals surface area contributed by atoms with Gasteiger partial charge in [-0.1, -0.05) is 20.8 Å². The number of ether oxygens (including phenoxy) is 3. The van der Waals surface area contributed by atoms with Crippen molar-refractivity contribution in [1.29, 1.82) is 0 Å². The average Bonchev–Trinajstić information content (AvgIpc) is 3.89. The quantitative estimate of drug-likeness (QED) is 0.376. The summed E-state index contributed by atoms with van der Waals surface area (Å²) in [7, 11) is 1.91. The van der Waals surface area contributed by atoms with Crippen molar-refractivity contribution in [2.45, 2.75) is 129 Å². The standard InChI is InChI=1S/C37H58N2O6/c1-34(2)29-10-9-25-27-18-28-26(8-7-24(44-28)19-38(4)20-32(41)42)35(27,3)13-14-36(25)22-37(29,36)12-11-30(34)45-33-21-39(15-16-43-33)31(40)17-23-5-6-23/h23-30,33H,5-22H2,1-4H3,(H,41,42)/t24?,25?,26?,27?,28?,29?,30-,33?,35+,36-,37+/m0/s1. The van der Waals surface area contributed by atoms with Crippen molar-refractivity contribution >= 4 is 11.9 Å². The van der Waals surface area contributed by atoms with E-state index in [1.165, 1.54) is 64.2 Å². The van der Waals surface area contributed by atoms with Crippen molar-refractivity contribution in [1.82, 2.24) is 9.80 Å². The van der Waals surface area contributed by atoms with E-state index >= 15 is 0 Å². The molecule has 8 nitrogen and oxygen atoms in total. The van der Waals surface area contributed by atoms with Crippen molar-refractivity contribution in [3.63, 3.8) is 0 Å². The van der Waals surface area contributed by atoms with E-state index in [9.17, 15) is 14.7 Å². The lowest BCUT2D eigenvalue weighted by Gasteiger charge is -2.60. The lowest BCUT2D eigenvalue weighted by Crippen LogP contribution is -2.56. The second kappa shape index (κ2) is 10.9. The molecule has 252 valence electrons. The monoisotopic (exact) mass is 626 g/mol. The molecule has 0 aromatic carbocycles. The van der Waals surface area contributed by atoms with Gasteiger partial charge in [0.25, 0.3) is 0 Å². The van der Waals surface area contributed by atoms with Crippen LogP contribution in [0, 0.1) is 51.2 Å². The minimum absolute atomic E-state index is 0.0799. The Hall–Kier alpha value is -1.22. The summed E-state index contributed by atoms with van der Waals surface area (Å²) in [5, 5.41) is 9.22. The van der Waals surface area contributed by atoms with Crippen LogP contribution >= 0.6 is 0 Å². The maximum Gasteiger partial charge on any atom is 0.317 e. The molecule has 8 rings (SSSR count). The first-order valence-corrected chi connectivity index (χ1v) is 18.6. The number of hydrogen-bond donors (Lipinski definition) is 1. The number of aliphatic carboxylic acids is 1. The van der Waals surface area contributed by atoms with Gasteiger partial charge in [0.1, 0.15) is 0 Å². The van der Waals surface area contributed by atoms with Crippen LogP contribution in [0.4, 0.5) is 0 Å². The molecular weight excluding hydrogens is 568 g/mol. The molecule has 8 heteroatoms. The summed E-state index contributed by atoms with van der Waals surface area (Å²) in [6, 6.07) is 0. The molecule has 2 saturated heterocycles. The lowest BCUT2D eigenvalue weighted by atomic mass is 9.46. The summed E-state index contributed by atoms with van der Waals surface area (Å²) in [5.74, 6) is 3.05. The molecular formula is C37H58N2O6. The van der Waals surface area contributed by atoms with E-state index in [0.29, 0.717) is 72.8 Å². The molecule has 0 aromatic heterocycles. The van der Waals surface area contributed by atoms with Crippen molar-refractivity contribution in [3.8, 4) is 0 Å². The number of nitrogens with zero attached hydrogens (tertiary/aromatic N) is 2. The Morgan fingerprint density at radius 3 is 2.53 bits per heavy atom. The van der Waals surface area contributed by atoms with Crippen LogP contribution in [0.5, 0.6) is 0 Å². The number of carbonyl (C=O) groups excluding carboxylic acids is 1. The fourth-order valence-corrected chi connectivity index (χ4v) is 13.1. The zero-order valence-electron chi connectivity index (χ0n) is 28.3. The van der Waals surface area contributed by atoms with Crippen molar-refractivity contribution in [2.75, 3.05) is 39.8 Å². The third-order valence-electron chi connectivity index (χ3n) is 15.4. The van der Waals surface area contributed by atoms with E-state index in [0.717, 1.165) is 24.7 Å². The first-order chi connectivity index (χ1) is 21.4. The van der Waals surface area contributed by atoms with E-state index in [-0.39, 0.29) is 36.4 Å². The Morgan fingerprint density at radius 1 is 0.956 bits per heavy atom. The van der Waals surface area contributed by atoms with E-state index in [2.05, 4.69) is 20.8 Å². The van der Waals surface area contributed by atoms with Gasteiger partial charge in [0.2, 0.25) is 5.91 Å². The summed E-state index contributed by atoms with van der Waals surface area (Å²) >= 11 is 0. The number of rotatable bonds is 8. The van der Waals surface area contributed by atoms with E-state index < -0.39 is 5.97 Å². The third kappa shape index (κ3) is 4.96. The second-order valence-electron chi connectivity index (χ2n) is 17.9. The number of carbonyl (C=O) groups is 2. The van der Waals surface area contributed by atoms with Crippen molar-refractivity contribution in [3.05, 3.63) is 0 Å². The van der Waals surface area contributed by atoms with Gasteiger partial charge in [0.05, 0.1) is 38.0 Å². The van der Waals surface area contributed by atoms with Gasteiger partial charge in [0.15, 0.2) is 6.29 Å². The number of amides is 1. The Kier molecular flexibility index (Phi) is 7.52. The van der Waals surface area contributed by atoms with Gasteiger partial charge in [-0.25, -0.2) is 0 Å². The molecule has 1 amide bonds. The van der Waals surface area contributed by atoms with E-state index in [4.69, 9.17) is 14.2 Å². The number of morpholine rings is 1. The molecule has 6 saturated carbocycles. The SMILES string of the molecule is CN(CC(=O)O)CC1CCC2C(CC3C4CCC5C(C)(C)[C@@H](OC6CN(C(=O)CC7CC7)CCO6)CC[C@@]56C[C@@]46CC[C@]23C)O1. The molecule has 8 fully saturated rings. The molecule has 6 aliphatic carbocycles. The highest BCUT2D eigenvalue weighted by Gasteiger charge is 2.80. The normalized spacial score (nSPS) is 48.1. The van der Waals surface area contributed by atoms with Gasteiger partial charge in [-0.05, 0) is 135 Å². The topological polar surface area (TPSA) is 88.5 Å². The van der Waals surface area contributed by atoms with Crippen LogP contribution in [0.1, 0.15) is 104 Å².